The summed E-state index contributed by atoms with van der Waals surface area (Å²) in [5.41, 5.74) is 5.15. The molecule has 7 heteroatoms. The molecule has 0 aliphatic rings. The Morgan fingerprint density at radius 1 is 1.60 bits per heavy atom. The van der Waals surface area contributed by atoms with E-state index in [0.717, 1.165) is 19.3 Å². The summed E-state index contributed by atoms with van der Waals surface area (Å²) in [7, 11) is 1.66. The second kappa shape index (κ2) is 10.3. The van der Waals surface area contributed by atoms with Gasteiger partial charge in [0.1, 0.15) is 0 Å². The number of hydrazone groups is 1. The molecule has 5 N–H and O–H groups in total. The summed E-state index contributed by atoms with van der Waals surface area (Å²) in [6.07, 6.45) is 3.20. The minimum atomic E-state index is -1.83. The summed E-state index contributed by atoms with van der Waals surface area (Å²) >= 11 is 0. The quantitative estimate of drug-likeness (QED) is 0.244. The van der Waals surface area contributed by atoms with E-state index in [1.54, 1.807) is 13.3 Å². The van der Waals surface area contributed by atoms with Crippen molar-refractivity contribution in [3.63, 3.8) is 0 Å². The summed E-state index contributed by atoms with van der Waals surface area (Å²) in [6, 6.07) is 0. The van der Waals surface area contributed by atoms with E-state index in [4.69, 9.17) is 26.2 Å². The topological polar surface area (TPSA) is 123 Å². The van der Waals surface area contributed by atoms with E-state index in [0.29, 0.717) is 0 Å². The Morgan fingerprint density at radius 2 is 2.07 bits per heavy atom. The van der Waals surface area contributed by atoms with Gasteiger partial charge in [-0.2, -0.15) is 5.10 Å². The Hall–Kier alpha value is -1.79. The molecule has 0 saturated carbocycles. The number of nitrogens with zero attached hydrogens (tertiary/aromatic N) is 2. The van der Waals surface area contributed by atoms with Crippen LogP contribution in [0.3, 0.4) is 0 Å². The molecule has 0 fully saturated rings. The van der Waals surface area contributed by atoms with Gasteiger partial charge in [-0.1, -0.05) is 13.3 Å². The second-order valence-corrected chi connectivity index (χ2v) is 2.63. The molecular weight excluding hydrogens is 200 g/mol. The Kier molecular flexibility index (Phi) is 10.8. The van der Waals surface area contributed by atoms with Gasteiger partial charge in [0.25, 0.3) is 0 Å². The smallest absolute Gasteiger partial charge is 0.450 e. The lowest BCUT2D eigenvalue weighted by Crippen LogP contribution is -2.28. The van der Waals surface area contributed by atoms with Gasteiger partial charge in [-0.3, -0.25) is 5.41 Å². The fraction of sp³-hybridized carbons (Fsp3) is 0.625. The Balaban J connectivity index is 0. The van der Waals surface area contributed by atoms with Gasteiger partial charge in [-0.15, -0.1) is 0 Å². The molecule has 0 spiro atoms. The zero-order valence-corrected chi connectivity index (χ0v) is 8.97. The number of carboxylic acid groups (broad SMARTS) is 2. The van der Waals surface area contributed by atoms with E-state index in [1.807, 2.05) is 0 Å². The van der Waals surface area contributed by atoms with Gasteiger partial charge in [-0.05, 0) is 12.8 Å². The van der Waals surface area contributed by atoms with Crippen molar-refractivity contribution in [3.05, 3.63) is 0 Å². The van der Waals surface area contributed by atoms with Crippen LogP contribution in [0.4, 0.5) is 4.79 Å². The van der Waals surface area contributed by atoms with Crippen molar-refractivity contribution < 1.29 is 15.0 Å². The highest BCUT2D eigenvalue weighted by Gasteiger charge is 1.91. The summed E-state index contributed by atoms with van der Waals surface area (Å²) < 4.78 is 0. The molecule has 0 rings (SSSR count). The lowest BCUT2D eigenvalue weighted by atomic mass is 10.3. The molecular formula is C8H18N4O3. The van der Waals surface area contributed by atoms with E-state index < -0.39 is 6.16 Å². The van der Waals surface area contributed by atoms with E-state index in [-0.39, 0.29) is 5.96 Å². The Bertz CT molecular complexity index is 214. The fourth-order valence-corrected chi connectivity index (χ4v) is 0.538. The molecule has 15 heavy (non-hydrogen) atoms. The summed E-state index contributed by atoms with van der Waals surface area (Å²) in [6.45, 7) is 2.13. The van der Waals surface area contributed by atoms with Crippen LogP contribution in [-0.2, 0) is 0 Å². The van der Waals surface area contributed by atoms with Gasteiger partial charge in [0.2, 0.25) is 5.96 Å². The van der Waals surface area contributed by atoms with Crippen LogP contribution in [0.2, 0.25) is 0 Å². The lowest BCUT2D eigenvalue weighted by molar-refractivity contribution is 0.137. The minimum absolute atomic E-state index is 0.0299. The van der Waals surface area contributed by atoms with E-state index in [1.165, 1.54) is 5.01 Å². The molecule has 88 valence electrons. The number of nitrogens with two attached hydrogens (primary N) is 1. The van der Waals surface area contributed by atoms with Crippen LogP contribution < -0.4 is 5.73 Å². The molecule has 0 unspecified atom stereocenters. The molecule has 0 aromatic carbocycles. The fourth-order valence-electron chi connectivity index (χ4n) is 0.538. The van der Waals surface area contributed by atoms with Crippen LogP contribution in [0.25, 0.3) is 0 Å². The van der Waals surface area contributed by atoms with Crippen LogP contribution in [0.15, 0.2) is 5.10 Å². The van der Waals surface area contributed by atoms with Crippen LogP contribution >= 0.6 is 0 Å². The molecule has 0 aliphatic heterocycles. The summed E-state index contributed by atoms with van der Waals surface area (Å²) in [5, 5.41) is 26.2. The van der Waals surface area contributed by atoms with Gasteiger partial charge < -0.3 is 15.9 Å². The molecule has 0 saturated heterocycles. The maximum absolute atomic E-state index is 8.56. The third-order valence-electron chi connectivity index (χ3n) is 1.29. The average molecular weight is 218 g/mol. The van der Waals surface area contributed by atoms with Crippen molar-refractivity contribution in [3.8, 4) is 0 Å². The molecule has 0 heterocycles. The normalized spacial score (nSPS) is 9.20. The summed E-state index contributed by atoms with van der Waals surface area (Å²) in [4.78, 5) is 8.56. The van der Waals surface area contributed by atoms with E-state index in [2.05, 4.69) is 12.0 Å². The highest BCUT2D eigenvalue weighted by Crippen LogP contribution is 1.90. The molecule has 7 nitrogen and oxygen atoms in total. The maximum atomic E-state index is 8.56. The highest BCUT2D eigenvalue weighted by atomic mass is 16.6. The molecule has 0 aromatic heterocycles. The third-order valence-corrected chi connectivity index (χ3v) is 1.29. The van der Waals surface area contributed by atoms with Crippen molar-refractivity contribution in [1.82, 2.24) is 5.01 Å². The monoisotopic (exact) mass is 218 g/mol. The van der Waals surface area contributed by atoms with Crippen LogP contribution in [0.1, 0.15) is 26.2 Å². The molecule has 0 aromatic rings. The number of rotatable bonds is 4. The first-order chi connectivity index (χ1) is 6.91. The van der Waals surface area contributed by atoms with Gasteiger partial charge in [-0.25, -0.2) is 9.80 Å². The maximum Gasteiger partial charge on any atom is 0.503 e. The average Bonchev–Trinajstić information content (AvgIpc) is 2.11. The Morgan fingerprint density at radius 3 is 2.40 bits per heavy atom. The van der Waals surface area contributed by atoms with Gasteiger partial charge >= 0.3 is 6.16 Å². The van der Waals surface area contributed by atoms with Crippen molar-refractivity contribution in [2.45, 2.75) is 26.2 Å². The minimum Gasteiger partial charge on any atom is -0.450 e. The van der Waals surface area contributed by atoms with Crippen LogP contribution in [0, 0.1) is 5.41 Å². The number of unbranched alkanes of at least 4 members (excludes halogenated alkanes) is 2. The second-order valence-electron chi connectivity index (χ2n) is 2.63. The van der Waals surface area contributed by atoms with Crippen molar-refractivity contribution >= 4 is 18.3 Å². The Labute approximate surface area is 88.7 Å². The van der Waals surface area contributed by atoms with Crippen LogP contribution in [-0.4, -0.2) is 40.6 Å². The predicted octanol–water partition coefficient (Wildman–Crippen LogP) is 1.21. The zero-order valence-electron chi connectivity index (χ0n) is 8.97. The zero-order chi connectivity index (χ0) is 12.3. The largest absolute Gasteiger partial charge is 0.503 e. The number of hydrogen-bond donors (Lipinski definition) is 4. The molecule has 0 atom stereocenters. The number of hydrogen-bond acceptors (Lipinski definition) is 3. The molecule has 0 amide bonds. The number of guanidine groups is 1. The van der Waals surface area contributed by atoms with Crippen molar-refractivity contribution in [2.24, 2.45) is 10.8 Å². The predicted molar refractivity (Wildman–Crippen MR) is 58.3 cm³/mol. The first-order valence-corrected chi connectivity index (χ1v) is 4.43. The van der Waals surface area contributed by atoms with E-state index in [9.17, 15) is 0 Å². The first kappa shape index (κ1) is 15.7. The molecule has 0 radical (unpaired) electrons. The first-order valence-electron chi connectivity index (χ1n) is 4.43. The molecule has 0 aliphatic carbocycles. The standard InChI is InChI=1S/C7H16N4.CH2O3/c1-3-4-5-6-10-11(2)7(8)9;2-1(3)4/h6H,3-5H2,1-2H3,(H3,8,9);(H2,2,3,4). The van der Waals surface area contributed by atoms with E-state index >= 15 is 0 Å². The van der Waals surface area contributed by atoms with Gasteiger partial charge in [0.05, 0.1) is 0 Å². The summed E-state index contributed by atoms with van der Waals surface area (Å²) in [5.74, 6) is -0.0299. The lowest BCUT2D eigenvalue weighted by Gasteiger charge is -2.07. The third kappa shape index (κ3) is 18.9. The highest BCUT2D eigenvalue weighted by molar-refractivity contribution is 5.75. The van der Waals surface area contributed by atoms with Crippen LogP contribution in [0.5, 0.6) is 0 Å². The molecule has 0 bridgehead atoms. The number of nitrogens with one attached hydrogen (secondary N) is 1. The van der Waals surface area contributed by atoms with Crippen molar-refractivity contribution in [2.75, 3.05) is 7.05 Å². The SMILES string of the molecule is CCCCC=NN(C)C(=N)N.O=C(O)O. The van der Waals surface area contributed by atoms with Crippen molar-refractivity contribution in [1.29, 1.82) is 5.41 Å². The van der Waals surface area contributed by atoms with Gasteiger partial charge in [0, 0.05) is 13.3 Å². The van der Waals surface area contributed by atoms with Gasteiger partial charge in [0.15, 0.2) is 0 Å². The number of carbonyl (C=O) groups is 1.